The van der Waals surface area contributed by atoms with Crippen LogP contribution in [0.15, 0.2) is 0 Å². The zero-order chi connectivity index (χ0) is 22.3. The second-order valence-corrected chi connectivity index (χ2v) is 9.45. The zero-order valence-electron chi connectivity index (χ0n) is 20.1. The summed E-state index contributed by atoms with van der Waals surface area (Å²) in [6.45, 7) is 4.31. The van der Waals surface area contributed by atoms with E-state index >= 15 is 0 Å². The summed E-state index contributed by atoms with van der Waals surface area (Å²) in [4.78, 5) is 10.5. The molecule has 0 rings (SSSR count). The molecule has 0 spiro atoms. The molecule has 0 amide bonds. The topological polar surface area (TPSA) is 46.5 Å². The van der Waals surface area contributed by atoms with E-state index in [1.165, 1.54) is 116 Å². The number of thiocarbonyl (C=S) groups is 1. The molecule has 3 nitrogen and oxygen atoms in total. The molecule has 0 aromatic rings. The summed E-state index contributed by atoms with van der Waals surface area (Å²) in [5.74, 6) is -0.822. The molecule has 1 N–H and O–H groups in total. The van der Waals surface area contributed by atoms with Crippen LogP contribution in [0.1, 0.15) is 149 Å². The number of aliphatic carboxylic acids is 1. The van der Waals surface area contributed by atoms with Gasteiger partial charge in [-0.1, -0.05) is 116 Å². The smallest absolute Gasteiger partial charge is 0.303 e. The van der Waals surface area contributed by atoms with Crippen LogP contribution in [0.2, 0.25) is 0 Å². The Bertz CT molecular complexity index is 398. The number of carboxylic acid groups (broad SMARTS) is 1. The molecular formula is C26H50O3S. The van der Waals surface area contributed by atoms with Gasteiger partial charge in [-0.25, -0.2) is 0 Å². The molecule has 178 valence electrons. The fraction of sp³-hybridized carbons (Fsp3) is 0.923. The molecule has 0 aliphatic carbocycles. The van der Waals surface area contributed by atoms with Crippen molar-refractivity contribution in [2.75, 3.05) is 0 Å². The average molecular weight is 443 g/mol. The van der Waals surface area contributed by atoms with E-state index in [1.807, 2.05) is 6.92 Å². The van der Waals surface area contributed by atoms with Crippen molar-refractivity contribution < 1.29 is 14.6 Å². The normalized spacial score (nSPS) is 12.1. The van der Waals surface area contributed by atoms with Gasteiger partial charge >= 0.3 is 5.97 Å². The Hall–Kier alpha value is -0.640. The maximum Gasteiger partial charge on any atom is 0.303 e. The van der Waals surface area contributed by atoms with E-state index in [0.29, 0.717) is 11.5 Å². The molecule has 1 unspecified atom stereocenters. The molecular weight excluding hydrogens is 392 g/mol. The fourth-order valence-corrected chi connectivity index (χ4v) is 4.15. The number of carbonyl (C=O) groups is 1. The third kappa shape index (κ3) is 23.6. The summed E-state index contributed by atoms with van der Waals surface area (Å²) >= 11 is 5.09. The third-order valence-electron chi connectivity index (χ3n) is 5.84. The molecule has 1 atom stereocenters. The van der Waals surface area contributed by atoms with E-state index in [1.54, 1.807) is 0 Å². The van der Waals surface area contributed by atoms with Crippen molar-refractivity contribution in [2.24, 2.45) is 0 Å². The predicted molar refractivity (Wildman–Crippen MR) is 133 cm³/mol. The number of hydrogen-bond donors (Lipinski definition) is 1. The lowest BCUT2D eigenvalue weighted by molar-refractivity contribution is -0.136. The quantitative estimate of drug-likeness (QED) is 0.127. The van der Waals surface area contributed by atoms with Gasteiger partial charge in [0.25, 0.3) is 0 Å². The first-order valence-electron chi connectivity index (χ1n) is 13.0. The van der Waals surface area contributed by atoms with Crippen LogP contribution in [-0.2, 0) is 9.53 Å². The lowest BCUT2D eigenvalue weighted by atomic mass is 10.0. The minimum Gasteiger partial charge on any atom is -0.484 e. The largest absolute Gasteiger partial charge is 0.484 e. The average Bonchev–Trinajstić information content (AvgIpc) is 2.71. The van der Waals surface area contributed by atoms with E-state index in [-0.39, 0.29) is 12.5 Å². The molecule has 0 radical (unpaired) electrons. The highest BCUT2D eigenvalue weighted by atomic mass is 32.1. The van der Waals surface area contributed by atoms with Crippen LogP contribution >= 0.6 is 12.2 Å². The first-order chi connectivity index (χ1) is 14.6. The monoisotopic (exact) mass is 442 g/mol. The molecule has 0 saturated heterocycles. The maximum atomic E-state index is 10.5. The molecule has 0 aliphatic heterocycles. The first-order valence-corrected chi connectivity index (χ1v) is 13.4. The molecule has 4 heteroatoms. The third-order valence-corrected chi connectivity index (χ3v) is 6.14. The number of hydrogen-bond acceptors (Lipinski definition) is 3. The molecule has 0 aliphatic rings. The van der Waals surface area contributed by atoms with Gasteiger partial charge in [-0.3, -0.25) is 4.79 Å². The van der Waals surface area contributed by atoms with Crippen LogP contribution < -0.4 is 0 Å². The first kappa shape index (κ1) is 29.4. The second kappa shape index (κ2) is 23.0. The van der Waals surface area contributed by atoms with Gasteiger partial charge < -0.3 is 9.84 Å². The number of unbranched alkanes of at least 4 members (excludes halogenated alkanes) is 17. The Morgan fingerprint density at radius 2 is 1.07 bits per heavy atom. The van der Waals surface area contributed by atoms with Crippen molar-refractivity contribution >= 4 is 23.2 Å². The minimum absolute atomic E-state index is 0.0603. The number of ether oxygens (including phenoxy) is 1. The van der Waals surface area contributed by atoms with Crippen molar-refractivity contribution in [2.45, 2.75) is 155 Å². The highest BCUT2D eigenvalue weighted by molar-refractivity contribution is 7.80. The highest BCUT2D eigenvalue weighted by Gasteiger charge is 2.08. The van der Waals surface area contributed by atoms with Crippen molar-refractivity contribution in [3.8, 4) is 0 Å². The van der Waals surface area contributed by atoms with Gasteiger partial charge in [-0.15, -0.1) is 0 Å². The van der Waals surface area contributed by atoms with Crippen molar-refractivity contribution in [3.63, 3.8) is 0 Å². The Balaban J connectivity index is 3.20. The van der Waals surface area contributed by atoms with Crippen LogP contribution in [0.5, 0.6) is 0 Å². The van der Waals surface area contributed by atoms with Gasteiger partial charge in [0.05, 0.1) is 12.5 Å². The van der Waals surface area contributed by atoms with Crippen LogP contribution in [0.3, 0.4) is 0 Å². The lowest BCUT2D eigenvalue weighted by Gasteiger charge is -2.14. The van der Waals surface area contributed by atoms with E-state index < -0.39 is 5.97 Å². The summed E-state index contributed by atoms with van der Waals surface area (Å²) in [6, 6.07) is 0. The Morgan fingerprint density at radius 1 is 0.700 bits per heavy atom. The Morgan fingerprint density at radius 3 is 1.43 bits per heavy atom. The molecule has 0 saturated carbocycles. The van der Waals surface area contributed by atoms with Gasteiger partial charge in [0, 0.05) is 6.42 Å². The van der Waals surface area contributed by atoms with Gasteiger partial charge in [-0.2, -0.15) is 0 Å². The van der Waals surface area contributed by atoms with Gasteiger partial charge in [0.1, 0.15) is 0 Å². The van der Waals surface area contributed by atoms with Crippen molar-refractivity contribution in [1.29, 1.82) is 0 Å². The van der Waals surface area contributed by atoms with E-state index in [9.17, 15) is 4.79 Å². The molecule has 30 heavy (non-hydrogen) atoms. The maximum absolute atomic E-state index is 10.5. The molecule has 0 aromatic heterocycles. The standard InChI is InChI=1S/C26H50O3S/c1-3-4-5-6-7-8-9-10-11-12-13-14-15-16-17-18-19-20-21-24(2)29-26(30)23-22-25(27)28/h24H,3-23H2,1-2H3,(H,27,28). The van der Waals surface area contributed by atoms with Gasteiger partial charge in [0.15, 0.2) is 5.05 Å². The minimum atomic E-state index is -0.822. The van der Waals surface area contributed by atoms with Crippen molar-refractivity contribution in [3.05, 3.63) is 0 Å². The fourth-order valence-electron chi connectivity index (χ4n) is 3.88. The van der Waals surface area contributed by atoms with E-state index in [2.05, 4.69) is 6.92 Å². The lowest BCUT2D eigenvalue weighted by Crippen LogP contribution is -2.14. The van der Waals surface area contributed by atoms with Crippen LogP contribution in [0, 0.1) is 0 Å². The molecule has 0 heterocycles. The second-order valence-electron chi connectivity index (χ2n) is 8.99. The zero-order valence-corrected chi connectivity index (χ0v) is 20.9. The summed E-state index contributed by atoms with van der Waals surface area (Å²) in [5, 5.41) is 9.09. The predicted octanol–water partition coefficient (Wildman–Crippen LogP) is 9.02. The molecule has 0 fully saturated rings. The van der Waals surface area contributed by atoms with E-state index in [4.69, 9.17) is 22.1 Å². The number of rotatable bonds is 23. The van der Waals surface area contributed by atoms with Gasteiger partial charge in [-0.05, 0) is 32.0 Å². The van der Waals surface area contributed by atoms with E-state index in [0.717, 1.165) is 6.42 Å². The van der Waals surface area contributed by atoms with Crippen LogP contribution in [0.25, 0.3) is 0 Å². The van der Waals surface area contributed by atoms with Crippen LogP contribution in [-0.4, -0.2) is 22.2 Å². The SMILES string of the molecule is CCCCCCCCCCCCCCCCCCCCC(C)OC(=S)CCC(=O)O. The summed E-state index contributed by atoms with van der Waals surface area (Å²) in [7, 11) is 0. The number of carboxylic acids is 1. The summed E-state index contributed by atoms with van der Waals surface area (Å²) in [5.41, 5.74) is 0. The summed E-state index contributed by atoms with van der Waals surface area (Å²) < 4.78 is 5.60. The van der Waals surface area contributed by atoms with Crippen molar-refractivity contribution in [1.82, 2.24) is 0 Å². The summed E-state index contributed by atoms with van der Waals surface area (Å²) in [6.07, 6.45) is 26.5. The highest BCUT2D eigenvalue weighted by Crippen LogP contribution is 2.15. The van der Waals surface area contributed by atoms with Gasteiger partial charge in [0.2, 0.25) is 0 Å². The Labute approximate surface area is 192 Å². The van der Waals surface area contributed by atoms with Crippen LogP contribution in [0.4, 0.5) is 0 Å². The molecule has 0 aromatic carbocycles. The Kier molecular flexibility index (Phi) is 22.5. The molecule has 0 bridgehead atoms.